The Bertz CT molecular complexity index is 708. The van der Waals surface area contributed by atoms with Crippen LogP contribution in [-0.2, 0) is 14.3 Å². The molecule has 1 fully saturated rings. The minimum Gasteiger partial charge on any atom is -0.466 e. The lowest BCUT2D eigenvalue weighted by atomic mass is 9.79. The van der Waals surface area contributed by atoms with Crippen molar-refractivity contribution in [3.05, 3.63) is 47.5 Å². The molecule has 27 heavy (non-hydrogen) atoms. The second kappa shape index (κ2) is 8.21. The number of aliphatic hydroxyl groups is 3. The minimum absolute atomic E-state index is 0.106. The van der Waals surface area contributed by atoms with Crippen molar-refractivity contribution in [2.24, 2.45) is 11.8 Å². The number of carbonyl (C=O) groups is 2. The van der Waals surface area contributed by atoms with Gasteiger partial charge in [-0.15, -0.1) is 0 Å². The van der Waals surface area contributed by atoms with Crippen LogP contribution in [0.1, 0.15) is 31.1 Å². The van der Waals surface area contributed by atoms with Crippen LogP contribution in [0.3, 0.4) is 0 Å². The first kappa shape index (κ1) is 21.1. The summed E-state index contributed by atoms with van der Waals surface area (Å²) in [5.74, 6) is -3.32. The first-order valence-electron chi connectivity index (χ1n) is 8.75. The number of ether oxygens (including phenoxy) is 2. The number of hydrogen-bond donors (Lipinski definition) is 3. The van der Waals surface area contributed by atoms with Crippen LogP contribution in [0, 0.1) is 11.8 Å². The van der Waals surface area contributed by atoms with Crippen LogP contribution in [0.5, 0.6) is 0 Å². The predicted octanol–water partition coefficient (Wildman–Crippen LogP) is 1.07. The molecule has 0 saturated heterocycles. The third-order valence-electron chi connectivity index (χ3n) is 5.17. The van der Waals surface area contributed by atoms with E-state index in [1.807, 2.05) is 0 Å². The fraction of sp³-hybridized carbons (Fsp3) is 0.500. The summed E-state index contributed by atoms with van der Waals surface area (Å²) in [5.41, 5.74) is -1.41. The quantitative estimate of drug-likeness (QED) is 0.519. The van der Waals surface area contributed by atoms with Gasteiger partial charge < -0.3 is 24.8 Å². The number of esters is 2. The molecule has 0 radical (unpaired) electrons. The van der Waals surface area contributed by atoms with Gasteiger partial charge in [0.25, 0.3) is 0 Å². The molecule has 0 heterocycles. The first-order chi connectivity index (χ1) is 12.7. The molecule has 1 aromatic carbocycles. The second-order valence-electron chi connectivity index (χ2n) is 6.94. The van der Waals surface area contributed by atoms with Crippen LogP contribution in [-0.4, -0.2) is 58.3 Å². The van der Waals surface area contributed by atoms with Gasteiger partial charge in [0.2, 0.25) is 0 Å². The first-order valence-corrected chi connectivity index (χ1v) is 8.75. The lowest BCUT2D eigenvalue weighted by molar-refractivity contribution is -0.137. The van der Waals surface area contributed by atoms with E-state index in [2.05, 4.69) is 0 Å². The average Bonchev–Trinajstić information content (AvgIpc) is 2.83. The van der Waals surface area contributed by atoms with E-state index in [4.69, 9.17) is 9.47 Å². The SMILES string of the molecule is C/C=C(/C(=O)OC)[C@H]1[C@H](O)[C@H](OC(=O)c2ccccc2)[C@](C)(O)[C@H]1C(C)O. The van der Waals surface area contributed by atoms with E-state index in [0.717, 1.165) is 0 Å². The number of rotatable bonds is 5. The summed E-state index contributed by atoms with van der Waals surface area (Å²) in [5, 5.41) is 32.1. The van der Waals surface area contributed by atoms with Crippen LogP contribution in [0.2, 0.25) is 0 Å². The number of carbonyl (C=O) groups excluding carboxylic acids is 2. The molecule has 1 aliphatic carbocycles. The van der Waals surface area contributed by atoms with Gasteiger partial charge in [-0.2, -0.15) is 0 Å². The zero-order valence-corrected chi connectivity index (χ0v) is 15.8. The fourth-order valence-electron chi connectivity index (χ4n) is 3.98. The van der Waals surface area contributed by atoms with E-state index < -0.39 is 47.7 Å². The molecular formula is C20H26O7. The van der Waals surface area contributed by atoms with E-state index >= 15 is 0 Å². The molecule has 0 amide bonds. The van der Waals surface area contributed by atoms with Crippen molar-refractivity contribution in [2.75, 3.05) is 7.11 Å². The topological polar surface area (TPSA) is 113 Å². The molecule has 0 aliphatic heterocycles. The molecule has 7 heteroatoms. The smallest absolute Gasteiger partial charge is 0.338 e. The number of allylic oxidation sites excluding steroid dienone is 1. The molecule has 1 saturated carbocycles. The zero-order chi connectivity index (χ0) is 20.4. The van der Waals surface area contributed by atoms with Crippen LogP contribution < -0.4 is 0 Å². The summed E-state index contributed by atoms with van der Waals surface area (Å²) in [4.78, 5) is 24.6. The van der Waals surface area contributed by atoms with E-state index in [0.29, 0.717) is 0 Å². The van der Waals surface area contributed by atoms with Crippen molar-refractivity contribution in [1.82, 2.24) is 0 Å². The molecule has 6 atom stereocenters. The molecule has 0 spiro atoms. The van der Waals surface area contributed by atoms with Crippen LogP contribution >= 0.6 is 0 Å². The highest BCUT2D eigenvalue weighted by Crippen LogP contribution is 2.47. The predicted molar refractivity (Wildman–Crippen MR) is 96.7 cm³/mol. The van der Waals surface area contributed by atoms with Gasteiger partial charge in [-0.25, -0.2) is 9.59 Å². The highest BCUT2D eigenvalue weighted by atomic mass is 16.6. The lowest BCUT2D eigenvalue weighted by Gasteiger charge is -2.33. The van der Waals surface area contributed by atoms with Crippen molar-refractivity contribution < 1.29 is 34.4 Å². The van der Waals surface area contributed by atoms with Crippen molar-refractivity contribution in [3.8, 4) is 0 Å². The van der Waals surface area contributed by atoms with Gasteiger partial charge in [-0.3, -0.25) is 0 Å². The summed E-state index contributed by atoms with van der Waals surface area (Å²) < 4.78 is 10.2. The second-order valence-corrected chi connectivity index (χ2v) is 6.94. The molecule has 1 unspecified atom stereocenters. The number of aliphatic hydroxyl groups excluding tert-OH is 2. The molecule has 7 nitrogen and oxygen atoms in total. The van der Waals surface area contributed by atoms with Crippen LogP contribution in [0.25, 0.3) is 0 Å². The Morgan fingerprint density at radius 1 is 1.26 bits per heavy atom. The van der Waals surface area contributed by atoms with Gasteiger partial charge in [0.1, 0.15) is 11.7 Å². The molecule has 1 aromatic rings. The Labute approximate surface area is 158 Å². The standard InChI is InChI=1S/C20H26O7/c1-5-13(19(24)26-4)14-15(11(2)21)20(3,25)17(16(14)22)27-18(23)12-9-7-6-8-10-12/h5-11,14-17,21-22,25H,1-4H3/b13-5+/t11?,14-,15+,16+,17+,20-/m1/s1. The maximum Gasteiger partial charge on any atom is 0.338 e. The summed E-state index contributed by atoms with van der Waals surface area (Å²) in [6.45, 7) is 4.42. The van der Waals surface area contributed by atoms with Gasteiger partial charge in [0.05, 0.1) is 18.8 Å². The van der Waals surface area contributed by atoms with Crippen LogP contribution in [0.4, 0.5) is 0 Å². The Morgan fingerprint density at radius 3 is 2.33 bits per heavy atom. The molecule has 1 aliphatic rings. The normalized spacial score (nSPS) is 32.0. The zero-order valence-electron chi connectivity index (χ0n) is 15.8. The molecule has 0 aromatic heterocycles. The number of benzene rings is 1. The van der Waals surface area contributed by atoms with Crippen molar-refractivity contribution >= 4 is 11.9 Å². The third kappa shape index (κ3) is 3.90. The third-order valence-corrected chi connectivity index (χ3v) is 5.17. The monoisotopic (exact) mass is 378 g/mol. The van der Waals surface area contributed by atoms with Crippen molar-refractivity contribution in [2.45, 2.75) is 44.7 Å². The van der Waals surface area contributed by atoms with Crippen molar-refractivity contribution in [1.29, 1.82) is 0 Å². The number of methoxy groups -OCH3 is 1. The maximum absolute atomic E-state index is 12.4. The number of hydrogen-bond acceptors (Lipinski definition) is 7. The molecule has 3 N–H and O–H groups in total. The highest BCUT2D eigenvalue weighted by molar-refractivity contribution is 5.90. The Balaban J connectivity index is 2.41. The molecular weight excluding hydrogens is 352 g/mol. The van der Waals surface area contributed by atoms with Gasteiger partial charge in [-0.1, -0.05) is 24.3 Å². The fourth-order valence-corrected chi connectivity index (χ4v) is 3.98. The summed E-state index contributed by atoms with van der Waals surface area (Å²) in [6.07, 6.45) is -2.36. The highest BCUT2D eigenvalue weighted by Gasteiger charge is 2.62. The van der Waals surface area contributed by atoms with Gasteiger partial charge in [0.15, 0.2) is 6.10 Å². The van der Waals surface area contributed by atoms with Gasteiger partial charge >= 0.3 is 11.9 Å². The lowest BCUT2D eigenvalue weighted by Crippen LogP contribution is -2.48. The van der Waals surface area contributed by atoms with Gasteiger partial charge in [-0.05, 0) is 32.9 Å². The maximum atomic E-state index is 12.4. The van der Waals surface area contributed by atoms with Crippen LogP contribution in [0.15, 0.2) is 42.0 Å². The van der Waals surface area contributed by atoms with Gasteiger partial charge in [0, 0.05) is 17.4 Å². The van der Waals surface area contributed by atoms with E-state index in [1.54, 1.807) is 37.3 Å². The van der Waals surface area contributed by atoms with E-state index in [9.17, 15) is 24.9 Å². The molecule has 0 bridgehead atoms. The summed E-state index contributed by atoms with van der Waals surface area (Å²) in [7, 11) is 1.20. The molecule has 148 valence electrons. The average molecular weight is 378 g/mol. The summed E-state index contributed by atoms with van der Waals surface area (Å²) in [6, 6.07) is 8.17. The van der Waals surface area contributed by atoms with Crippen molar-refractivity contribution in [3.63, 3.8) is 0 Å². The largest absolute Gasteiger partial charge is 0.466 e. The Morgan fingerprint density at radius 2 is 1.85 bits per heavy atom. The minimum atomic E-state index is -1.77. The molecule has 2 rings (SSSR count). The van der Waals surface area contributed by atoms with E-state index in [1.165, 1.54) is 27.0 Å². The summed E-state index contributed by atoms with van der Waals surface area (Å²) >= 11 is 0. The Kier molecular flexibility index (Phi) is 6.41. The van der Waals surface area contributed by atoms with E-state index in [-0.39, 0.29) is 11.1 Å². The Hall–Kier alpha value is -2.22.